The molecule has 1 fully saturated rings. The third kappa shape index (κ3) is 4.77. The highest BCUT2D eigenvalue weighted by molar-refractivity contribution is 7.99. The zero-order valence-corrected chi connectivity index (χ0v) is 10.4. The van der Waals surface area contributed by atoms with Crippen LogP contribution in [0.2, 0.25) is 0 Å². The standard InChI is InChI=1S/C13H16FNOS/c14-12-3-1-2-11(6-12)8-17-9-13(16)15-7-10-4-5-10/h1-3,6,10H,4-5,7-9H2,(H,15,16). The maximum absolute atomic E-state index is 12.9. The SMILES string of the molecule is O=C(CSCc1cccc(F)c1)NCC1CC1. The number of hydrogen-bond donors (Lipinski definition) is 1. The van der Waals surface area contributed by atoms with Gasteiger partial charge in [-0.05, 0) is 36.5 Å². The summed E-state index contributed by atoms with van der Waals surface area (Å²) in [5.74, 6) is 1.70. The van der Waals surface area contributed by atoms with E-state index >= 15 is 0 Å². The van der Waals surface area contributed by atoms with E-state index in [9.17, 15) is 9.18 Å². The summed E-state index contributed by atoms with van der Waals surface area (Å²) in [6.07, 6.45) is 2.49. The maximum Gasteiger partial charge on any atom is 0.230 e. The van der Waals surface area contributed by atoms with E-state index in [-0.39, 0.29) is 11.7 Å². The van der Waals surface area contributed by atoms with Crippen molar-refractivity contribution >= 4 is 17.7 Å². The molecule has 1 amide bonds. The summed E-state index contributed by atoms with van der Waals surface area (Å²) in [6.45, 7) is 0.819. The van der Waals surface area contributed by atoms with E-state index in [4.69, 9.17) is 0 Å². The van der Waals surface area contributed by atoms with Crippen LogP contribution in [0.4, 0.5) is 4.39 Å². The van der Waals surface area contributed by atoms with E-state index in [1.165, 1.54) is 36.7 Å². The summed E-state index contributed by atoms with van der Waals surface area (Å²) in [5, 5.41) is 2.91. The molecule has 17 heavy (non-hydrogen) atoms. The molecule has 92 valence electrons. The average Bonchev–Trinajstić information content (AvgIpc) is 3.10. The molecule has 0 unspecified atom stereocenters. The summed E-state index contributed by atoms with van der Waals surface area (Å²) >= 11 is 1.52. The summed E-state index contributed by atoms with van der Waals surface area (Å²) < 4.78 is 12.9. The molecule has 1 aromatic rings. The summed E-state index contributed by atoms with van der Waals surface area (Å²) in [6, 6.07) is 6.50. The van der Waals surface area contributed by atoms with Gasteiger partial charge in [-0.3, -0.25) is 4.79 Å². The Morgan fingerprint density at radius 1 is 1.47 bits per heavy atom. The van der Waals surface area contributed by atoms with Crippen LogP contribution in [-0.4, -0.2) is 18.2 Å². The lowest BCUT2D eigenvalue weighted by molar-refractivity contribution is -0.118. The van der Waals surface area contributed by atoms with Crippen LogP contribution < -0.4 is 5.32 Å². The quantitative estimate of drug-likeness (QED) is 0.844. The van der Waals surface area contributed by atoms with Gasteiger partial charge in [0.25, 0.3) is 0 Å². The fourth-order valence-electron chi connectivity index (χ4n) is 1.52. The first kappa shape index (κ1) is 12.4. The van der Waals surface area contributed by atoms with Crippen LogP contribution in [0.3, 0.4) is 0 Å². The van der Waals surface area contributed by atoms with Crippen molar-refractivity contribution < 1.29 is 9.18 Å². The van der Waals surface area contributed by atoms with Crippen molar-refractivity contribution in [2.24, 2.45) is 5.92 Å². The largest absolute Gasteiger partial charge is 0.355 e. The number of thioether (sulfide) groups is 1. The van der Waals surface area contributed by atoms with Crippen molar-refractivity contribution in [1.29, 1.82) is 0 Å². The number of nitrogens with one attached hydrogen (secondary N) is 1. The van der Waals surface area contributed by atoms with Gasteiger partial charge in [0.2, 0.25) is 5.91 Å². The molecular formula is C13H16FNOS. The number of rotatable bonds is 6. The fraction of sp³-hybridized carbons (Fsp3) is 0.462. The van der Waals surface area contributed by atoms with Gasteiger partial charge in [-0.2, -0.15) is 0 Å². The van der Waals surface area contributed by atoms with Crippen LogP contribution in [0.25, 0.3) is 0 Å². The van der Waals surface area contributed by atoms with Crippen molar-refractivity contribution in [3.05, 3.63) is 35.6 Å². The number of carbonyl (C=O) groups is 1. The van der Waals surface area contributed by atoms with E-state index in [0.29, 0.717) is 17.4 Å². The molecule has 1 aliphatic rings. The van der Waals surface area contributed by atoms with E-state index in [1.807, 2.05) is 6.07 Å². The van der Waals surface area contributed by atoms with Crippen LogP contribution >= 0.6 is 11.8 Å². The molecule has 1 saturated carbocycles. The molecule has 0 atom stereocenters. The minimum Gasteiger partial charge on any atom is -0.355 e. The van der Waals surface area contributed by atoms with Gasteiger partial charge in [0, 0.05) is 12.3 Å². The van der Waals surface area contributed by atoms with E-state index < -0.39 is 0 Å². The van der Waals surface area contributed by atoms with Gasteiger partial charge in [0.1, 0.15) is 5.82 Å². The number of carbonyl (C=O) groups excluding carboxylic acids is 1. The van der Waals surface area contributed by atoms with Crippen molar-refractivity contribution in [1.82, 2.24) is 5.32 Å². The van der Waals surface area contributed by atoms with Gasteiger partial charge in [0.15, 0.2) is 0 Å². The van der Waals surface area contributed by atoms with Crippen molar-refractivity contribution in [3.63, 3.8) is 0 Å². The molecule has 0 saturated heterocycles. The molecular weight excluding hydrogens is 237 g/mol. The number of amides is 1. The lowest BCUT2D eigenvalue weighted by atomic mass is 10.2. The predicted molar refractivity (Wildman–Crippen MR) is 68.3 cm³/mol. The lowest BCUT2D eigenvalue weighted by Gasteiger charge is -2.04. The second kappa shape index (κ2) is 6.05. The van der Waals surface area contributed by atoms with Crippen LogP contribution in [0, 0.1) is 11.7 Å². The van der Waals surface area contributed by atoms with Gasteiger partial charge < -0.3 is 5.32 Å². The van der Waals surface area contributed by atoms with Gasteiger partial charge in [-0.15, -0.1) is 11.8 Å². The Bertz CT molecular complexity index is 393. The van der Waals surface area contributed by atoms with E-state index in [2.05, 4.69) is 5.32 Å². The molecule has 1 aromatic carbocycles. The smallest absolute Gasteiger partial charge is 0.230 e. The topological polar surface area (TPSA) is 29.1 Å². The van der Waals surface area contributed by atoms with Crippen molar-refractivity contribution in [2.75, 3.05) is 12.3 Å². The minimum atomic E-state index is -0.221. The highest BCUT2D eigenvalue weighted by Gasteiger charge is 2.21. The Morgan fingerprint density at radius 2 is 2.29 bits per heavy atom. The highest BCUT2D eigenvalue weighted by Crippen LogP contribution is 2.27. The minimum absolute atomic E-state index is 0.0818. The molecule has 2 nitrogen and oxygen atoms in total. The first-order valence-electron chi connectivity index (χ1n) is 5.83. The predicted octanol–water partition coefficient (Wildman–Crippen LogP) is 2.59. The maximum atomic E-state index is 12.9. The molecule has 0 bridgehead atoms. The third-order valence-electron chi connectivity index (χ3n) is 2.68. The number of hydrogen-bond acceptors (Lipinski definition) is 2. The molecule has 0 aliphatic heterocycles. The second-order valence-corrected chi connectivity index (χ2v) is 5.36. The Kier molecular flexibility index (Phi) is 4.42. The third-order valence-corrected chi connectivity index (χ3v) is 3.68. The molecule has 2 rings (SSSR count). The zero-order valence-electron chi connectivity index (χ0n) is 9.62. The van der Waals surface area contributed by atoms with E-state index in [0.717, 1.165) is 12.1 Å². The normalized spacial score (nSPS) is 14.6. The van der Waals surface area contributed by atoms with Crippen molar-refractivity contribution in [3.8, 4) is 0 Å². The van der Waals surface area contributed by atoms with Crippen LogP contribution in [0.5, 0.6) is 0 Å². The van der Waals surface area contributed by atoms with Gasteiger partial charge in [-0.1, -0.05) is 12.1 Å². The molecule has 0 radical (unpaired) electrons. The molecule has 0 heterocycles. The number of halogens is 1. The molecule has 1 N–H and O–H groups in total. The monoisotopic (exact) mass is 253 g/mol. The zero-order chi connectivity index (χ0) is 12.1. The second-order valence-electron chi connectivity index (χ2n) is 4.37. The first-order chi connectivity index (χ1) is 8.24. The summed E-state index contributed by atoms with van der Waals surface area (Å²) in [7, 11) is 0. The lowest BCUT2D eigenvalue weighted by Crippen LogP contribution is -2.27. The van der Waals surface area contributed by atoms with Gasteiger partial charge >= 0.3 is 0 Å². The molecule has 4 heteroatoms. The number of benzene rings is 1. The Balaban J connectivity index is 1.62. The molecule has 0 aromatic heterocycles. The molecule has 0 spiro atoms. The molecule has 1 aliphatic carbocycles. The van der Waals surface area contributed by atoms with Gasteiger partial charge in [0.05, 0.1) is 5.75 Å². The Morgan fingerprint density at radius 3 is 3.00 bits per heavy atom. The Hall–Kier alpha value is -1.03. The van der Waals surface area contributed by atoms with Crippen LogP contribution in [-0.2, 0) is 10.5 Å². The average molecular weight is 253 g/mol. The van der Waals surface area contributed by atoms with Crippen LogP contribution in [0.15, 0.2) is 24.3 Å². The first-order valence-corrected chi connectivity index (χ1v) is 6.98. The summed E-state index contributed by atoms with van der Waals surface area (Å²) in [4.78, 5) is 11.4. The fourth-order valence-corrected chi connectivity index (χ4v) is 2.32. The summed E-state index contributed by atoms with van der Waals surface area (Å²) in [5.41, 5.74) is 0.921. The highest BCUT2D eigenvalue weighted by atomic mass is 32.2. The van der Waals surface area contributed by atoms with Crippen LogP contribution in [0.1, 0.15) is 18.4 Å². The Labute approximate surface area is 105 Å². The van der Waals surface area contributed by atoms with E-state index in [1.54, 1.807) is 6.07 Å². The van der Waals surface area contributed by atoms with Gasteiger partial charge in [-0.25, -0.2) is 4.39 Å². The van der Waals surface area contributed by atoms with Crippen molar-refractivity contribution in [2.45, 2.75) is 18.6 Å².